The van der Waals surface area contributed by atoms with Gasteiger partial charge in [0.15, 0.2) is 0 Å². The lowest BCUT2D eigenvalue weighted by atomic mass is 9.99. The predicted octanol–water partition coefficient (Wildman–Crippen LogP) is 2.18. The normalized spacial score (nSPS) is 13.8. The molecule has 0 fully saturated rings. The Morgan fingerprint density at radius 3 is 2.68 bits per heavy atom. The van der Waals surface area contributed by atoms with Gasteiger partial charge in [-0.15, -0.1) is 0 Å². The molecular formula is C16H21N3O3. The molecule has 0 aliphatic carbocycles. The Kier molecular flexibility index (Phi) is 4.49. The number of nitrogens with zero attached hydrogens (tertiary/aromatic N) is 2. The van der Waals surface area contributed by atoms with Gasteiger partial charge < -0.3 is 10.4 Å². The number of fused-ring (bicyclic) bond motifs is 1. The Balaban J connectivity index is 2.39. The number of amides is 1. The van der Waals surface area contributed by atoms with E-state index < -0.39 is 17.9 Å². The van der Waals surface area contributed by atoms with Crippen LogP contribution in [0.3, 0.4) is 0 Å². The summed E-state index contributed by atoms with van der Waals surface area (Å²) in [6.07, 6.45) is 2.43. The van der Waals surface area contributed by atoms with Crippen molar-refractivity contribution in [2.24, 2.45) is 5.92 Å². The van der Waals surface area contributed by atoms with E-state index >= 15 is 0 Å². The molecule has 2 unspecified atom stereocenters. The van der Waals surface area contributed by atoms with Crippen molar-refractivity contribution in [1.82, 2.24) is 14.7 Å². The Hall–Kier alpha value is -2.37. The molecule has 6 heteroatoms. The van der Waals surface area contributed by atoms with E-state index in [1.54, 1.807) is 17.5 Å². The molecule has 2 aromatic rings. The molecule has 2 aromatic heterocycles. The first-order chi connectivity index (χ1) is 10.4. The monoisotopic (exact) mass is 303 g/mol. The van der Waals surface area contributed by atoms with Crippen LogP contribution < -0.4 is 5.32 Å². The second kappa shape index (κ2) is 6.17. The number of pyridine rings is 1. The number of carbonyl (C=O) groups excluding carboxylic acids is 1. The van der Waals surface area contributed by atoms with Gasteiger partial charge in [0.05, 0.1) is 5.69 Å². The largest absolute Gasteiger partial charge is 0.480 e. The van der Waals surface area contributed by atoms with Crippen molar-refractivity contribution in [1.29, 1.82) is 0 Å². The standard InChI is InChI=1S/C16H21N3O3/c1-5-9(2)12(16(21)22)18-15(20)13-11(4)17-14-10(3)7-6-8-19(13)14/h6-9,12H,5H2,1-4H3,(H,18,20)(H,21,22). The molecule has 2 rings (SSSR count). The highest BCUT2D eigenvalue weighted by molar-refractivity contribution is 5.97. The summed E-state index contributed by atoms with van der Waals surface area (Å²) >= 11 is 0. The van der Waals surface area contributed by atoms with Crippen LogP contribution in [0.1, 0.15) is 42.0 Å². The third-order valence-corrected chi connectivity index (χ3v) is 4.00. The molecule has 2 N–H and O–H groups in total. The fraction of sp³-hybridized carbons (Fsp3) is 0.438. The number of carbonyl (C=O) groups is 2. The summed E-state index contributed by atoms with van der Waals surface area (Å²) in [4.78, 5) is 28.3. The Morgan fingerprint density at radius 1 is 1.41 bits per heavy atom. The molecule has 0 aromatic carbocycles. The molecule has 0 aliphatic rings. The van der Waals surface area contributed by atoms with E-state index in [2.05, 4.69) is 10.3 Å². The van der Waals surface area contributed by atoms with E-state index in [0.29, 0.717) is 23.5 Å². The van der Waals surface area contributed by atoms with E-state index in [1.807, 2.05) is 32.9 Å². The molecule has 0 saturated heterocycles. The Morgan fingerprint density at radius 2 is 2.09 bits per heavy atom. The van der Waals surface area contributed by atoms with Crippen molar-refractivity contribution in [2.75, 3.05) is 0 Å². The summed E-state index contributed by atoms with van der Waals surface area (Å²) in [5.41, 5.74) is 2.63. The topological polar surface area (TPSA) is 83.7 Å². The van der Waals surface area contributed by atoms with Gasteiger partial charge in [-0.2, -0.15) is 0 Å². The molecule has 0 radical (unpaired) electrons. The first-order valence-electron chi connectivity index (χ1n) is 7.34. The maximum Gasteiger partial charge on any atom is 0.326 e. The summed E-state index contributed by atoms with van der Waals surface area (Å²) in [6.45, 7) is 7.38. The number of aromatic nitrogens is 2. The fourth-order valence-electron chi connectivity index (χ4n) is 2.48. The van der Waals surface area contributed by atoms with Gasteiger partial charge in [0.2, 0.25) is 0 Å². The van der Waals surface area contributed by atoms with Gasteiger partial charge in [0, 0.05) is 6.20 Å². The van der Waals surface area contributed by atoms with Crippen LogP contribution in [-0.2, 0) is 4.79 Å². The maximum atomic E-state index is 12.6. The zero-order valence-electron chi connectivity index (χ0n) is 13.3. The first kappa shape index (κ1) is 16.0. The SMILES string of the molecule is CCC(C)C(NC(=O)c1c(C)nc2c(C)cccn12)C(=O)O. The summed E-state index contributed by atoms with van der Waals surface area (Å²) in [5, 5.41) is 11.9. The number of aryl methyl sites for hydroxylation is 2. The molecule has 0 aliphatic heterocycles. The van der Waals surface area contributed by atoms with Gasteiger partial charge in [-0.25, -0.2) is 9.78 Å². The molecule has 2 heterocycles. The maximum absolute atomic E-state index is 12.6. The average Bonchev–Trinajstić information content (AvgIpc) is 2.81. The molecule has 1 amide bonds. The Labute approximate surface area is 129 Å². The van der Waals surface area contributed by atoms with Gasteiger partial charge in [-0.3, -0.25) is 9.20 Å². The van der Waals surface area contributed by atoms with Gasteiger partial charge >= 0.3 is 5.97 Å². The fourth-order valence-corrected chi connectivity index (χ4v) is 2.48. The molecule has 6 nitrogen and oxygen atoms in total. The lowest BCUT2D eigenvalue weighted by Gasteiger charge is -2.20. The van der Waals surface area contributed by atoms with Crippen LogP contribution in [0.4, 0.5) is 0 Å². The van der Waals surface area contributed by atoms with Crippen molar-refractivity contribution in [3.8, 4) is 0 Å². The second-order valence-electron chi connectivity index (χ2n) is 5.61. The number of rotatable bonds is 5. The van der Waals surface area contributed by atoms with Crippen LogP contribution in [0.15, 0.2) is 18.3 Å². The van der Waals surface area contributed by atoms with Crippen LogP contribution in [0.2, 0.25) is 0 Å². The summed E-state index contributed by atoms with van der Waals surface area (Å²) in [7, 11) is 0. The average molecular weight is 303 g/mol. The number of carboxylic acid groups (broad SMARTS) is 1. The molecule has 0 bridgehead atoms. The number of hydrogen-bond donors (Lipinski definition) is 2. The van der Waals surface area contributed by atoms with Crippen LogP contribution in [-0.4, -0.2) is 32.4 Å². The summed E-state index contributed by atoms with van der Waals surface area (Å²) in [5.74, 6) is -1.59. The minimum atomic E-state index is -1.02. The van der Waals surface area contributed by atoms with Crippen molar-refractivity contribution in [3.63, 3.8) is 0 Å². The van der Waals surface area contributed by atoms with Crippen molar-refractivity contribution in [2.45, 2.75) is 40.2 Å². The third kappa shape index (κ3) is 2.81. The smallest absolute Gasteiger partial charge is 0.326 e. The summed E-state index contributed by atoms with van der Waals surface area (Å²) < 4.78 is 1.70. The summed E-state index contributed by atoms with van der Waals surface area (Å²) in [6, 6.07) is 2.85. The van der Waals surface area contributed by atoms with Crippen molar-refractivity contribution in [3.05, 3.63) is 35.3 Å². The minimum Gasteiger partial charge on any atom is -0.480 e. The number of carboxylic acids is 1. The highest BCUT2D eigenvalue weighted by Gasteiger charge is 2.27. The van der Waals surface area contributed by atoms with Crippen LogP contribution in [0, 0.1) is 19.8 Å². The van der Waals surface area contributed by atoms with Crippen LogP contribution >= 0.6 is 0 Å². The van der Waals surface area contributed by atoms with Gasteiger partial charge in [0.1, 0.15) is 17.4 Å². The Bertz CT molecular complexity index is 721. The number of aliphatic carboxylic acids is 1. The van der Waals surface area contributed by atoms with Gasteiger partial charge in [0.25, 0.3) is 5.91 Å². The lowest BCUT2D eigenvalue weighted by molar-refractivity contribution is -0.140. The van der Waals surface area contributed by atoms with E-state index in [-0.39, 0.29) is 5.92 Å². The van der Waals surface area contributed by atoms with Gasteiger partial charge in [-0.05, 0) is 31.4 Å². The number of hydrogen-bond acceptors (Lipinski definition) is 3. The molecular weight excluding hydrogens is 282 g/mol. The predicted molar refractivity (Wildman–Crippen MR) is 83.0 cm³/mol. The van der Waals surface area contributed by atoms with E-state index in [1.165, 1.54) is 0 Å². The van der Waals surface area contributed by atoms with E-state index in [4.69, 9.17) is 0 Å². The van der Waals surface area contributed by atoms with E-state index in [0.717, 1.165) is 5.56 Å². The lowest BCUT2D eigenvalue weighted by Crippen LogP contribution is -2.45. The zero-order chi connectivity index (χ0) is 16.4. The zero-order valence-corrected chi connectivity index (χ0v) is 13.3. The highest BCUT2D eigenvalue weighted by Crippen LogP contribution is 2.16. The second-order valence-corrected chi connectivity index (χ2v) is 5.61. The van der Waals surface area contributed by atoms with Crippen LogP contribution in [0.25, 0.3) is 5.65 Å². The first-order valence-corrected chi connectivity index (χ1v) is 7.34. The highest BCUT2D eigenvalue weighted by atomic mass is 16.4. The number of nitrogens with one attached hydrogen (secondary N) is 1. The quantitative estimate of drug-likeness (QED) is 0.886. The van der Waals surface area contributed by atoms with Crippen LogP contribution in [0.5, 0.6) is 0 Å². The third-order valence-electron chi connectivity index (χ3n) is 4.00. The van der Waals surface area contributed by atoms with Crippen molar-refractivity contribution < 1.29 is 14.7 Å². The molecule has 118 valence electrons. The van der Waals surface area contributed by atoms with E-state index in [9.17, 15) is 14.7 Å². The van der Waals surface area contributed by atoms with Gasteiger partial charge in [-0.1, -0.05) is 26.3 Å². The van der Waals surface area contributed by atoms with Crippen molar-refractivity contribution >= 4 is 17.5 Å². The molecule has 22 heavy (non-hydrogen) atoms. The minimum absolute atomic E-state index is 0.150. The molecule has 0 saturated carbocycles. The molecule has 0 spiro atoms. The number of imidazole rings is 1. The molecule has 2 atom stereocenters.